The third kappa shape index (κ3) is 3.99. The van der Waals surface area contributed by atoms with Crippen molar-refractivity contribution in [3.63, 3.8) is 0 Å². The highest BCUT2D eigenvalue weighted by Gasteiger charge is 2.25. The summed E-state index contributed by atoms with van der Waals surface area (Å²) in [4.78, 5) is 14.6. The highest BCUT2D eigenvalue weighted by Crippen LogP contribution is 2.15. The number of hydrogen-bond donors (Lipinski definition) is 0. The average Bonchev–Trinajstić information content (AvgIpc) is 2.92. The molecule has 3 rings (SSSR count). The molecule has 5 nitrogen and oxygen atoms in total. The predicted octanol–water partition coefficient (Wildman–Crippen LogP) is 2.26. The molecule has 1 aliphatic heterocycles. The third-order valence-corrected chi connectivity index (χ3v) is 4.18. The molecule has 2 heterocycles. The van der Waals surface area contributed by atoms with E-state index in [1.54, 1.807) is 6.20 Å². The van der Waals surface area contributed by atoms with Gasteiger partial charge in [0.15, 0.2) is 0 Å². The number of amides is 1. The van der Waals surface area contributed by atoms with Gasteiger partial charge in [-0.25, -0.2) is 0 Å². The second-order valence-corrected chi connectivity index (χ2v) is 5.84. The molecular formula is C18H23N3O2. The van der Waals surface area contributed by atoms with Crippen LogP contribution in [-0.4, -0.2) is 39.8 Å². The van der Waals surface area contributed by atoms with E-state index in [1.807, 2.05) is 40.8 Å². The summed E-state index contributed by atoms with van der Waals surface area (Å²) in [6.45, 7) is 4.57. The number of benzene rings is 1. The SMILES string of the molecule is CCO[C@H]1CN(C(=O)CCc2ccccc2)Cc2ccnn2C1. The lowest BCUT2D eigenvalue weighted by Crippen LogP contribution is -2.37. The average molecular weight is 313 g/mol. The van der Waals surface area contributed by atoms with Gasteiger partial charge in [-0.1, -0.05) is 30.3 Å². The van der Waals surface area contributed by atoms with Crippen molar-refractivity contribution in [3.05, 3.63) is 53.9 Å². The summed E-state index contributed by atoms with van der Waals surface area (Å²) in [6.07, 6.45) is 3.09. The van der Waals surface area contributed by atoms with Crippen molar-refractivity contribution < 1.29 is 9.53 Å². The highest BCUT2D eigenvalue weighted by molar-refractivity contribution is 5.76. The molecule has 122 valence electrons. The Morgan fingerprint density at radius 1 is 1.26 bits per heavy atom. The van der Waals surface area contributed by atoms with Crippen LogP contribution in [0.4, 0.5) is 0 Å². The van der Waals surface area contributed by atoms with Crippen molar-refractivity contribution in [2.24, 2.45) is 0 Å². The lowest BCUT2D eigenvalue weighted by molar-refractivity contribution is -0.133. The number of hydrogen-bond acceptors (Lipinski definition) is 3. The molecule has 0 N–H and O–H groups in total. The summed E-state index contributed by atoms with van der Waals surface area (Å²) in [5.74, 6) is 0.174. The second kappa shape index (κ2) is 7.42. The summed E-state index contributed by atoms with van der Waals surface area (Å²) < 4.78 is 7.73. The Balaban J connectivity index is 1.66. The van der Waals surface area contributed by atoms with E-state index in [0.29, 0.717) is 32.7 Å². The van der Waals surface area contributed by atoms with E-state index in [0.717, 1.165) is 12.1 Å². The molecule has 1 aromatic heterocycles. The minimum atomic E-state index is 0.00169. The first-order chi connectivity index (χ1) is 11.3. The van der Waals surface area contributed by atoms with Gasteiger partial charge in [-0.3, -0.25) is 9.48 Å². The van der Waals surface area contributed by atoms with Crippen LogP contribution >= 0.6 is 0 Å². The highest BCUT2D eigenvalue weighted by atomic mass is 16.5. The van der Waals surface area contributed by atoms with Gasteiger partial charge in [-0.2, -0.15) is 5.10 Å². The van der Waals surface area contributed by atoms with Crippen LogP contribution in [0.5, 0.6) is 0 Å². The molecule has 0 radical (unpaired) electrons. The Hall–Kier alpha value is -2.14. The maximum Gasteiger partial charge on any atom is 0.223 e. The number of nitrogens with zero attached hydrogens (tertiary/aromatic N) is 3. The molecule has 2 aromatic rings. The van der Waals surface area contributed by atoms with E-state index >= 15 is 0 Å². The lowest BCUT2D eigenvalue weighted by atomic mass is 10.1. The lowest BCUT2D eigenvalue weighted by Gasteiger charge is -2.24. The van der Waals surface area contributed by atoms with E-state index in [-0.39, 0.29) is 12.0 Å². The smallest absolute Gasteiger partial charge is 0.223 e. The molecule has 1 atom stereocenters. The van der Waals surface area contributed by atoms with Gasteiger partial charge < -0.3 is 9.64 Å². The molecule has 1 amide bonds. The van der Waals surface area contributed by atoms with Crippen LogP contribution in [0.1, 0.15) is 24.6 Å². The molecule has 0 saturated carbocycles. The molecule has 1 aromatic carbocycles. The van der Waals surface area contributed by atoms with Gasteiger partial charge in [0, 0.05) is 25.8 Å². The van der Waals surface area contributed by atoms with E-state index in [9.17, 15) is 4.79 Å². The van der Waals surface area contributed by atoms with Crippen LogP contribution in [0.25, 0.3) is 0 Å². The molecule has 0 unspecified atom stereocenters. The fourth-order valence-electron chi connectivity index (χ4n) is 3.00. The molecule has 0 spiro atoms. The second-order valence-electron chi connectivity index (χ2n) is 5.84. The van der Waals surface area contributed by atoms with Crippen LogP contribution in [0.2, 0.25) is 0 Å². The third-order valence-electron chi connectivity index (χ3n) is 4.18. The number of rotatable bonds is 5. The number of ether oxygens (including phenoxy) is 1. The van der Waals surface area contributed by atoms with Crippen molar-refractivity contribution >= 4 is 5.91 Å². The van der Waals surface area contributed by atoms with Gasteiger partial charge in [0.2, 0.25) is 5.91 Å². The van der Waals surface area contributed by atoms with Crippen molar-refractivity contribution in [2.45, 2.75) is 39.0 Å². The summed E-state index contributed by atoms with van der Waals surface area (Å²) >= 11 is 0. The van der Waals surface area contributed by atoms with Crippen molar-refractivity contribution in [3.8, 4) is 0 Å². The topological polar surface area (TPSA) is 47.4 Å². The van der Waals surface area contributed by atoms with Crippen molar-refractivity contribution in [1.29, 1.82) is 0 Å². The van der Waals surface area contributed by atoms with Gasteiger partial charge in [-0.05, 0) is 25.0 Å². The Morgan fingerprint density at radius 2 is 2.09 bits per heavy atom. The molecule has 0 fully saturated rings. The van der Waals surface area contributed by atoms with Crippen LogP contribution < -0.4 is 0 Å². The maximum absolute atomic E-state index is 12.6. The Bertz CT molecular complexity index is 639. The molecule has 0 bridgehead atoms. The van der Waals surface area contributed by atoms with E-state index in [2.05, 4.69) is 17.2 Å². The summed E-state index contributed by atoms with van der Waals surface area (Å²) in [5, 5.41) is 4.34. The van der Waals surface area contributed by atoms with E-state index in [4.69, 9.17) is 4.74 Å². The number of aromatic nitrogens is 2. The first kappa shape index (κ1) is 15.7. The number of carbonyl (C=O) groups is 1. The summed E-state index contributed by atoms with van der Waals surface area (Å²) in [7, 11) is 0. The van der Waals surface area contributed by atoms with E-state index in [1.165, 1.54) is 5.56 Å². The first-order valence-electron chi connectivity index (χ1n) is 8.20. The minimum absolute atomic E-state index is 0.00169. The molecular weight excluding hydrogens is 290 g/mol. The zero-order valence-electron chi connectivity index (χ0n) is 13.5. The number of fused-ring (bicyclic) bond motifs is 1. The summed E-state index contributed by atoms with van der Waals surface area (Å²) in [5.41, 5.74) is 2.27. The predicted molar refractivity (Wildman–Crippen MR) is 87.8 cm³/mol. The van der Waals surface area contributed by atoms with Crippen LogP contribution in [0.15, 0.2) is 42.6 Å². The molecule has 1 aliphatic rings. The quantitative estimate of drug-likeness (QED) is 0.851. The van der Waals surface area contributed by atoms with Gasteiger partial charge in [0.05, 0.1) is 24.9 Å². The standard InChI is InChI=1S/C18H23N3O2/c1-2-23-17-13-20(12-16-10-11-19-21(16)14-17)18(22)9-8-15-6-4-3-5-7-15/h3-7,10-11,17H,2,8-9,12-14H2,1H3/t17-/m0/s1. The van der Waals surface area contributed by atoms with Crippen molar-refractivity contribution in [2.75, 3.05) is 13.2 Å². The first-order valence-corrected chi connectivity index (χ1v) is 8.20. The number of aryl methyl sites for hydroxylation is 1. The fraction of sp³-hybridized carbons (Fsp3) is 0.444. The Morgan fingerprint density at radius 3 is 2.87 bits per heavy atom. The monoisotopic (exact) mass is 313 g/mol. The Labute approximate surface area is 136 Å². The normalized spacial score (nSPS) is 17.6. The molecule has 23 heavy (non-hydrogen) atoms. The van der Waals surface area contributed by atoms with Crippen LogP contribution in [-0.2, 0) is 29.0 Å². The molecule has 0 aliphatic carbocycles. The largest absolute Gasteiger partial charge is 0.375 e. The van der Waals surface area contributed by atoms with Crippen LogP contribution in [0.3, 0.4) is 0 Å². The van der Waals surface area contributed by atoms with Crippen LogP contribution in [0, 0.1) is 0 Å². The molecule has 5 heteroatoms. The Kier molecular flexibility index (Phi) is 5.08. The zero-order chi connectivity index (χ0) is 16.1. The minimum Gasteiger partial charge on any atom is -0.375 e. The maximum atomic E-state index is 12.6. The van der Waals surface area contributed by atoms with Crippen molar-refractivity contribution in [1.82, 2.24) is 14.7 Å². The number of carbonyl (C=O) groups excluding carboxylic acids is 1. The van der Waals surface area contributed by atoms with Gasteiger partial charge in [0.1, 0.15) is 0 Å². The summed E-state index contributed by atoms with van der Waals surface area (Å²) in [6, 6.07) is 12.1. The van der Waals surface area contributed by atoms with Gasteiger partial charge in [0.25, 0.3) is 0 Å². The van der Waals surface area contributed by atoms with Gasteiger partial charge in [-0.15, -0.1) is 0 Å². The zero-order valence-corrected chi connectivity index (χ0v) is 13.5. The fourth-order valence-corrected chi connectivity index (χ4v) is 3.00. The molecule has 0 saturated heterocycles. The van der Waals surface area contributed by atoms with Gasteiger partial charge >= 0.3 is 0 Å². The van der Waals surface area contributed by atoms with E-state index < -0.39 is 0 Å².